The molecule has 0 aliphatic carbocycles. The van der Waals surface area contributed by atoms with E-state index >= 15 is 0 Å². The van der Waals surface area contributed by atoms with Crippen LogP contribution in [-0.2, 0) is 11.3 Å². The van der Waals surface area contributed by atoms with Crippen LogP contribution >= 0.6 is 11.3 Å². The van der Waals surface area contributed by atoms with Gasteiger partial charge in [0.1, 0.15) is 18.2 Å². The van der Waals surface area contributed by atoms with Gasteiger partial charge in [-0.15, -0.1) is 11.3 Å². The number of hydrogen-bond acceptors (Lipinski definition) is 2. The maximum Gasteiger partial charge on any atom is 0.275 e. The summed E-state index contributed by atoms with van der Waals surface area (Å²) < 4.78 is 27.0. The normalized spacial score (nSPS) is 13.1. The van der Waals surface area contributed by atoms with Crippen molar-refractivity contribution in [2.45, 2.75) is 12.6 Å². The Balaban J connectivity index is 1.67. The molecule has 1 aromatic heterocycles. The number of carbonyl (C=O) groups is 1. The van der Waals surface area contributed by atoms with Crippen molar-refractivity contribution in [2.75, 3.05) is 13.6 Å². The minimum Gasteiger partial charge on any atom is -0.339 e. The molecule has 1 amide bonds. The van der Waals surface area contributed by atoms with E-state index in [1.54, 1.807) is 30.3 Å². The fourth-order valence-electron chi connectivity index (χ4n) is 2.94. The van der Waals surface area contributed by atoms with Gasteiger partial charge in [0.2, 0.25) is 0 Å². The first-order valence-electron chi connectivity index (χ1n) is 8.66. The number of likely N-dealkylation sites (N-methyl/N-ethyl adjacent to an activating group) is 1. The van der Waals surface area contributed by atoms with Gasteiger partial charge < -0.3 is 10.2 Å². The number of thiophene rings is 1. The maximum atomic E-state index is 13.8. The number of quaternary nitrogens is 1. The molecular weight excluding hydrogens is 366 g/mol. The summed E-state index contributed by atoms with van der Waals surface area (Å²) in [4.78, 5) is 14.4. The van der Waals surface area contributed by atoms with Gasteiger partial charge in [-0.05, 0) is 35.2 Å². The zero-order valence-corrected chi connectivity index (χ0v) is 15.7. The van der Waals surface area contributed by atoms with Gasteiger partial charge in [-0.1, -0.05) is 36.4 Å². The van der Waals surface area contributed by atoms with E-state index in [1.165, 1.54) is 29.5 Å². The first-order chi connectivity index (χ1) is 13.0. The number of amides is 1. The predicted octanol–water partition coefficient (Wildman–Crippen LogP) is 2.95. The van der Waals surface area contributed by atoms with Gasteiger partial charge in [-0.25, -0.2) is 8.78 Å². The first-order valence-corrected chi connectivity index (χ1v) is 9.54. The molecule has 0 aliphatic heterocycles. The fraction of sp³-hybridized carbons (Fsp3) is 0.190. The van der Waals surface area contributed by atoms with E-state index in [4.69, 9.17) is 0 Å². The van der Waals surface area contributed by atoms with Gasteiger partial charge >= 0.3 is 0 Å². The Morgan fingerprint density at radius 1 is 1.07 bits per heavy atom. The van der Waals surface area contributed by atoms with Crippen LogP contribution in [0, 0.1) is 11.6 Å². The third kappa shape index (κ3) is 5.21. The Labute approximate surface area is 161 Å². The molecule has 3 rings (SSSR count). The zero-order valence-electron chi connectivity index (χ0n) is 14.9. The van der Waals surface area contributed by atoms with Gasteiger partial charge in [0.05, 0.1) is 13.1 Å². The van der Waals surface area contributed by atoms with Crippen LogP contribution in [0.2, 0.25) is 0 Å². The van der Waals surface area contributed by atoms with Crippen LogP contribution in [0.4, 0.5) is 8.78 Å². The summed E-state index contributed by atoms with van der Waals surface area (Å²) in [5.41, 5.74) is 1.40. The molecule has 0 saturated carbocycles. The van der Waals surface area contributed by atoms with E-state index in [9.17, 15) is 13.6 Å². The molecule has 6 heteroatoms. The molecule has 3 aromatic rings. The second-order valence-corrected chi connectivity index (χ2v) is 7.45. The summed E-state index contributed by atoms with van der Waals surface area (Å²) in [6.45, 7) is 0.623. The minimum atomic E-state index is -0.334. The molecule has 1 unspecified atom stereocenters. The fourth-order valence-corrected chi connectivity index (χ4v) is 3.75. The van der Waals surface area contributed by atoms with E-state index in [-0.39, 0.29) is 30.1 Å². The Morgan fingerprint density at radius 2 is 1.81 bits per heavy atom. The topological polar surface area (TPSA) is 33.5 Å². The van der Waals surface area contributed by atoms with Crippen LogP contribution in [0.3, 0.4) is 0 Å². The highest BCUT2D eigenvalue weighted by Crippen LogP contribution is 2.26. The lowest BCUT2D eigenvalue weighted by atomic mass is 10.1. The zero-order chi connectivity index (χ0) is 19.2. The van der Waals surface area contributed by atoms with Gasteiger partial charge in [0, 0.05) is 10.4 Å². The Morgan fingerprint density at radius 3 is 2.48 bits per heavy atom. The van der Waals surface area contributed by atoms with Gasteiger partial charge in [0.15, 0.2) is 6.54 Å². The maximum absolute atomic E-state index is 13.8. The van der Waals surface area contributed by atoms with E-state index in [0.717, 1.165) is 15.3 Å². The predicted molar refractivity (Wildman–Crippen MR) is 103 cm³/mol. The van der Waals surface area contributed by atoms with Crippen molar-refractivity contribution < 1.29 is 18.5 Å². The lowest BCUT2D eigenvalue weighted by Crippen LogP contribution is -3.09. The van der Waals surface area contributed by atoms with E-state index in [2.05, 4.69) is 5.32 Å². The van der Waals surface area contributed by atoms with Crippen LogP contribution in [-0.4, -0.2) is 19.5 Å². The monoisotopic (exact) mass is 387 g/mol. The Hall–Kier alpha value is -2.57. The van der Waals surface area contributed by atoms with Crippen molar-refractivity contribution in [3.05, 3.63) is 93.7 Å². The average Bonchev–Trinajstić information content (AvgIpc) is 3.17. The molecular formula is C21H21F2N2OS+. The van der Waals surface area contributed by atoms with Crippen molar-refractivity contribution in [1.82, 2.24) is 5.32 Å². The number of carbonyl (C=O) groups excluding carboxylic acids is 1. The molecule has 0 bridgehead atoms. The van der Waals surface area contributed by atoms with Crippen molar-refractivity contribution in [3.63, 3.8) is 0 Å². The molecule has 140 valence electrons. The van der Waals surface area contributed by atoms with Crippen LogP contribution in [0.5, 0.6) is 0 Å². The van der Waals surface area contributed by atoms with Crippen LogP contribution in [0.15, 0.2) is 66.0 Å². The van der Waals surface area contributed by atoms with Crippen LogP contribution < -0.4 is 10.2 Å². The summed E-state index contributed by atoms with van der Waals surface area (Å²) in [6, 6.07) is 16.2. The van der Waals surface area contributed by atoms with E-state index < -0.39 is 0 Å². The molecule has 0 radical (unpaired) electrons. The molecule has 0 spiro atoms. The highest BCUT2D eigenvalue weighted by Gasteiger charge is 2.20. The van der Waals surface area contributed by atoms with Gasteiger partial charge in [-0.3, -0.25) is 4.79 Å². The van der Waals surface area contributed by atoms with Crippen molar-refractivity contribution in [1.29, 1.82) is 0 Å². The van der Waals surface area contributed by atoms with E-state index in [0.29, 0.717) is 12.1 Å². The summed E-state index contributed by atoms with van der Waals surface area (Å²) in [7, 11) is 1.85. The molecule has 1 heterocycles. The summed E-state index contributed by atoms with van der Waals surface area (Å²) >= 11 is 1.53. The second-order valence-electron chi connectivity index (χ2n) is 6.47. The molecule has 0 fully saturated rings. The SMILES string of the molecule is C[NH+](CC(=O)N[C@H](c1ccc(F)cc1)c1cccs1)Cc1ccccc1F. The third-order valence-corrected chi connectivity index (χ3v) is 5.19. The molecule has 3 nitrogen and oxygen atoms in total. The third-order valence-electron chi connectivity index (χ3n) is 4.25. The Kier molecular flexibility index (Phi) is 6.32. The molecule has 2 N–H and O–H groups in total. The number of rotatable bonds is 7. The minimum absolute atomic E-state index is 0.147. The van der Waals surface area contributed by atoms with Crippen LogP contribution in [0.25, 0.3) is 0 Å². The first kappa shape index (κ1) is 19.2. The number of hydrogen-bond donors (Lipinski definition) is 2. The molecule has 2 atom stereocenters. The highest BCUT2D eigenvalue weighted by molar-refractivity contribution is 7.10. The second kappa shape index (κ2) is 8.88. The smallest absolute Gasteiger partial charge is 0.275 e. The summed E-state index contributed by atoms with van der Waals surface area (Å²) in [6.07, 6.45) is 0. The quantitative estimate of drug-likeness (QED) is 0.642. The lowest BCUT2D eigenvalue weighted by Gasteiger charge is -2.20. The van der Waals surface area contributed by atoms with Crippen molar-refractivity contribution >= 4 is 17.2 Å². The van der Waals surface area contributed by atoms with Gasteiger partial charge in [0.25, 0.3) is 5.91 Å². The molecule has 2 aromatic carbocycles. The number of nitrogens with one attached hydrogen (secondary N) is 2. The van der Waals surface area contributed by atoms with Gasteiger partial charge in [-0.2, -0.15) is 0 Å². The molecule has 0 saturated heterocycles. The molecule has 0 aliphatic rings. The highest BCUT2D eigenvalue weighted by atomic mass is 32.1. The number of halogens is 2. The largest absolute Gasteiger partial charge is 0.339 e. The standard InChI is InChI=1S/C21H20F2N2OS/c1-25(13-16-5-2-3-6-18(16)23)14-20(26)24-21(19-7-4-12-27-19)15-8-10-17(22)11-9-15/h2-12,21H,13-14H2,1H3,(H,24,26)/p+1/t21-/m1/s1. The van der Waals surface area contributed by atoms with Crippen LogP contribution in [0.1, 0.15) is 22.0 Å². The number of benzene rings is 2. The van der Waals surface area contributed by atoms with E-state index in [1.807, 2.05) is 24.6 Å². The average molecular weight is 387 g/mol. The van der Waals surface area contributed by atoms with Crippen molar-refractivity contribution in [3.8, 4) is 0 Å². The Bertz CT molecular complexity index is 881. The summed E-state index contributed by atoms with van der Waals surface area (Å²) in [5.74, 6) is -0.726. The molecule has 27 heavy (non-hydrogen) atoms. The lowest BCUT2D eigenvalue weighted by molar-refractivity contribution is -0.885. The summed E-state index contributed by atoms with van der Waals surface area (Å²) in [5, 5.41) is 4.96. The van der Waals surface area contributed by atoms with Crippen molar-refractivity contribution in [2.24, 2.45) is 0 Å².